The van der Waals surface area contributed by atoms with Crippen LogP contribution in [0.3, 0.4) is 0 Å². The molecule has 4 rings (SSSR count). The first-order valence-electron chi connectivity index (χ1n) is 11.9. The highest BCUT2D eigenvalue weighted by Gasteiger charge is 2.38. The van der Waals surface area contributed by atoms with E-state index in [9.17, 15) is 26.4 Å². The number of rotatable bonds is 8. The Balaban J connectivity index is 1.43. The van der Waals surface area contributed by atoms with Gasteiger partial charge in [-0.2, -0.15) is 13.2 Å². The molecule has 37 heavy (non-hydrogen) atoms. The zero-order chi connectivity index (χ0) is 26.5. The van der Waals surface area contributed by atoms with Crippen molar-refractivity contribution in [3.63, 3.8) is 0 Å². The highest BCUT2D eigenvalue weighted by atomic mass is 32.2. The lowest BCUT2D eigenvalue weighted by atomic mass is 9.90. The van der Waals surface area contributed by atoms with E-state index in [4.69, 9.17) is 0 Å². The van der Waals surface area contributed by atoms with Crippen LogP contribution in [0.5, 0.6) is 0 Å². The van der Waals surface area contributed by atoms with Crippen LogP contribution in [0.4, 0.5) is 13.2 Å². The molecule has 10 heteroatoms. The van der Waals surface area contributed by atoms with Gasteiger partial charge in [0.05, 0.1) is 16.4 Å². The monoisotopic (exact) mass is 531 g/mol. The van der Waals surface area contributed by atoms with Crippen molar-refractivity contribution in [2.24, 2.45) is 5.92 Å². The molecule has 0 saturated carbocycles. The van der Waals surface area contributed by atoms with Crippen LogP contribution in [0.15, 0.2) is 89.8 Å². The summed E-state index contributed by atoms with van der Waals surface area (Å²) in [5.41, 5.74) is 0.864. The summed E-state index contributed by atoms with van der Waals surface area (Å²) in [6.45, 7) is 0.886. The summed E-state index contributed by atoms with van der Waals surface area (Å²) in [6.07, 6.45) is -4.65. The van der Waals surface area contributed by atoms with E-state index in [-0.39, 0.29) is 24.8 Å². The van der Waals surface area contributed by atoms with Crippen LogP contribution in [-0.4, -0.2) is 40.0 Å². The Labute approximate surface area is 214 Å². The molecule has 0 aromatic heterocycles. The lowest BCUT2D eigenvalue weighted by Gasteiger charge is -2.30. The average molecular weight is 532 g/mol. The molecule has 1 saturated heterocycles. The van der Waals surface area contributed by atoms with Gasteiger partial charge in [-0.3, -0.25) is 4.79 Å². The normalized spacial score (nSPS) is 18.5. The molecule has 6 nitrogen and oxygen atoms in total. The maximum atomic E-state index is 13.4. The fourth-order valence-electron chi connectivity index (χ4n) is 4.60. The molecule has 3 aromatic carbocycles. The van der Waals surface area contributed by atoms with E-state index >= 15 is 0 Å². The van der Waals surface area contributed by atoms with Crippen molar-refractivity contribution in [3.8, 4) is 0 Å². The highest BCUT2D eigenvalue weighted by Crippen LogP contribution is 2.34. The van der Waals surface area contributed by atoms with Crippen LogP contribution in [0.1, 0.15) is 29.0 Å². The summed E-state index contributed by atoms with van der Waals surface area (Å²) >= 11 is 0. The molecule has 1 heterocycles. The van der Waals surface area contributed by atoms with Gasteiger partial charge in [0, 0.05) is 31.6 Å². The van der Waals surface area contributed by atoms with Gasteiger partial charge in [-0.1, -0.05) is 72.8 Å². The van der Waals surface area contributed by atoms with Crippen LogP contribution in [0.2, 0.25) is 0 Å². The first-order valence-corrected chi connectivity index (χ1v) is 13.4. The number of nitrogens with one attached hydrogen (secondary N) is 3. The standard InChI is InChI=1S/C27H28F3N3O3S/c28-27(29,30)24-13-7-8-14-25(24)37(35,36)33-22-15-21(16-31-17-22)26(34)32-18-23(19-9-3-1-4-10-19)20-11-5-2-6-12-20/h1-14,21-23,31,33H,15-18H2,(H,32,34)/t21-,22-/m0/s1. The van der Waals surface area contributed by atoms with Gasteiger partial charge in [-0.05, 0) is 29.7 Å². The minimum atomic E-state index is -4.81. The van der Waals surface area contributed by atoms with Gasteiger partial charge in [-0.15, -0.1) is 0 Å². The Morgan fingerprint density at radius 3 is 2.05 bits per heavy atom. The van der Waals surface area contributed by atoms with Gasteiger partial charge >= 0.3 is 6.18 Å². The lowest BCUT2D eigenvalue weighted by molar-refractivity contribution is -0.139. The maximum Gasteiger partial charge on any atom is 0.417 e. The third kappa shape index (κ3) is 6.76. The van der Waals surface area contributed by atoms with Crippen LogP contribution in [-0.2, 0) is 21.0 Å². The number of piperidine rings is 1. The van der Waals surface area contributed by atoms with Gasteiger partial charge in [0.15, 0.2) is 0 Å². The van der Waals surface area contributed by atoms with Crippen molar-refractivity contribution in [2.45, 2.75) is 29.5 Å². The van der Waals surface area contributed by atoms with Crippen LogP contribution >= 0.6 is 0 Å². The minimum Gasteiger partial charge on any atom is -0.355 e. The Morgan fingerprint density at radius 2 is 1.46 bits per heavy atom. The predicted molar refractivity (Wildman–Crippen MR) is 134 cm³/mol. The van der Waals surface area contributed by atoms with E-state index in [0.29, 0.717) is 13.1 Å². The zero-order valence-electron chi connectivity index (χ0n) is 19.9. The van der Waals surface area contributed by atoms with E-state index in [1.54, 1.807) is 0 Å². The molecule has 1 aliphatic heterocycles. The molecule has 1 fully saturated rings. The number of benzene rings is 3. The Kier molecular flexibility index (Phi) is 8.31. The number of sulfonamides is 1. The maximum absolute atomic E-state index is 13.4. The molecular weight excluding hydrogens is 503 g/mol. The lowest BCUT2D eigenvalue weighted by Crippen LogP contribution is -2.52. The molecule has 0 radical (unpaired) electrons. The first-order chi connectivity index (χ1) is 17.6. The number of hydrogen-bond acceptors (Lipinski definition) is 4. The van der Waals surface area contributed by atoms with E-state index in [1.807, 2.05) is 60.7 Å². The smallest absolute Gasteiger partial charge is 0.355 e. The molecule has 0 unspecified atom stereocenters. The summed E-state index contributed by atoms with van der Waals surface area (Å²) in [4.78, 5) is 12.2. The van der Waals surface area contributed by atoms with Gasteiger partial charge in [0.1, 0.15) is 0 Å². The second-order valence-corrected chi connectivity index (χ2v) is 10.7. The molecule has 1 aliphatic rings. The molecule has 3 aromatic rings. The first kappa shape index (κ1) is 26.8. The van der Waals surface area contributed by atoms with Crippen molar-refractivity contribution in [1.29, 1.82) is 0 Å². The molecule has 0 spiro atoms. The molecule has 0 bridgehead atoms. The van der Waals surface area contributed by atoms with Gasteiger partial charge < -0.3 is 10.6 Å². The van der Waals surface area contributed by atoms with Crippen molar-refractivity contribution < 1.29 is 26.4 Å². The second-order valence-electron chi connectivity index (χ2n) is 9.02. The van der Waals surface area contributed by atoms with Crippen LogP contribution in [0, 0.1) is 5.92 Å². The molecular formula is C27H28F3N3O3S. The molecule has 0 aliphatic carbocycles. The van der Waals surface area contributed by atoms with Crippen LogP contribution < -0.4 is 15.4 Å². The van der Waals surface area contributed by atoms with Crippen molar-refractivity contribution >= 4 is 15.9 Å². The fourth-order valence-corrected chi connectivity index (χ4v) is 6.07. The minimum absolute atomic E-state index is 0.0731. The van der Waals surface area contributed by atoms with Crippen molar-refractivity contribution in [2.75, 3.05) is 19.6 Å². The summed E-state index contributed by atoms with van der Waals surface area (Å²) < 4.78 is 68.1. The summed E-state index contributed by atoms with van der Waals surface area (Å²) in [5.74, 6) is -0.869. The predicted octanol–water partition coefficient (Wildman–Crippen LogP) is 3.91. The van der Waals surface area contributed by atoms with Gasteiger partial charge in [0.2, 0.25) is 15.9 Å². The highest BCUT2D eigenvalue weighted by molar-refractivity contribution is 7.89. The SMILES string of the molecule is O=C(NCC(c1ccccc1)c1ccccc1)[C@@H]1CNC[C@@H](NS(=O)(=O)c2ccccc2C(F)(F)F)C1. The van der Waals surface area contributed by atoms with E-state index in [1.165, 1.54) is 6.07 Å². The number of hydrogen-bond donors (Lipinski definition) is 3. The molecule has 2 atom stereocenters. The van der Waals surface area contributed by atoms with E-state index in [2.05, 4.69) is 15.4 Å². The van der Waals surface area contributed by atoms with Gasteiger partial charge in [-0.25, -0.2) is 13.1 Å². The zero-order valence-corrected chi connectivity index (χ0v) is 20.7. The Hall–Kier alpha value is -3.21. The number of carbonyl (C=O) groups is 1. The number of amides is 1. The Morgan fingerprint density at radius 1 is 0.892 bits per heavy atom. The number of alkyl halides is 3. The summed E-state index contributed by atoms with van der Waals surface area (Å²) in [7, 11) is -4.46. The second kappa shape index (κ2) is 11.5. The van der Waals surface area contributed by atoms with Crippen LogP contribution in [0.25, 0.3) is 0 Å². The number of halogens is 3. The third-order valence-corrected chi connectivity index (χ3v) is 7.99. The third-order valence-electron chi connectivity index (χ3n) is 6.41. The fraction of sp³-hybridized carbons (Fsp3) is 0.296. The van der Waals surface area contributed by atoms with Crippen molar-refractivity contribution in [1.82, 2.24) is 15.4 Å². The molecule has 196 valence electrons. The largest absolute Gasteiger partial charge is 0.417 e. The van der Waals surface area contributed by atoms with Gasteiger partial charge in [0.25, 0.3) is 0 Å². The van der Waals surface area contributed by atoms with Crippen molar-refractivity contribution in [3.05, 3.63) is 102 Å². The number of carbonyl (C=O) groups excluding carboxylic acids is 1. The van der Waals surface area contributed by atoms with E-state index in [0.717, 1.165) is 29.3 Å². The summed E-state index contributed by atoms with van der Waals surface area (Å²) in [6, 6.07) is 22.9. The quantitative estimate of drug-likeness (QED) is 0.412. The molecule has 1 amide bonds. The van der Waals surface area contributed by atoms with E-state index < -0.39 is 38.6 Å². The Bertz CT molecular complexity index is 1260. The molecule has 3 N–H and O–H groups in total. The topological polar surface area (TPSA) is 87.3 Å². The average Bonchev–Trinajstić information content (AvgIpc) is 2.89. The summed E-state index contributed by atoms with van der Waals surface area (Å²) in [5, 5.41) is 6.01.